The Kier molecular flexibility index (Phi) is 5.25. The van der Waals surface area contributed by atoms with E-state index in [0.717, 1.165) is 22.6 Å². The molecule has 0 saturated carbocycles. The Balaban J connectivity index is 1.64. The van der Waals surface area contributed by atoms with Crippen molar-refractivity contribution in [2.24, 2.45) is 5.73 Å². The summed E-state index contributed by atoms with van der Waals surface area (Å²) in [4.78, 5) is 23.9. The summed E-state index contributed by atoms with van der Waals surface area (Å²) < 4.78 is 1.73. The molecule has 3 aromatic rings. The zero-order valence-corrected chi connectivity index (χ0v) is 18.5. The first-order valence-electron chi connectivity index (χ1n) is 10.0. The van der Waals surface area contributed by atoms with Crippen molar-refractivity contribution in [3.63, 3.8) is 0 Å². The molecule has 0 bridgehead atoms. The fourth-order valence-electron chi connectivity index (χ4n) is 4.32. The summed E-state index contributed by atoms with van der Waals surface area (Å²) >= 11 is 7.88. The van der Waals surface area contributed by atoms with E-state index in [2.05, 4.69) is 21.1 Å². The van der Waals surface area contributed by atoms with Crippen LogP contribution in [0.3, 0.4) is 0 Å². The number of ketones is 1. The number of thiophene rings is 1. The Morgan fingerprint density at radius 1 is 1.38 bits per heavy atom. The number of nitriles is 1. The van der Waals surface area contributed by atoms with E-state index in [-0.39, 0.29) is 16.8 Å². The molecular formula is C22H18ClN7OS. The lowest BCUT2D eigenvalue weighted by Crippen LogP contribution is -2.38. The van der Waals surface area contributed by atoms with Crippen LogP contribution in [0.15, 0.2) is 65.1 Å². The van der Waals surface area contributed by atoms with Gasteiger partial charge in [-0.25, -0.2) is 14.6 Å². The van der Waals surface area contributed by atoms with E-state index in [1.165, 1.54) is 17.7 Å². The topological polar surface area (TPSA) is 114 Å². The Labute approximate surface area is 193 Å². The van der Waals surface area contributed by atoms with Gasteiger partial charge < -0.3 is 5.73 Å². The number of carbonyl (C=O) groups is 1. The smallest absolute Gasteiger partial charge is 0.161 e. The number of anilines is 1. The van der Waals surface area contributed by atoms with Gasteiger partial charge in [0.2, 0.25) is 0 Å². The zero-order chi connectivity index (χ0) is 22.2. The quantitative estimate of drug-likeness (QED) is 0.586. The van der Waals surface area contributed by atoms with Gasteiger partial charge in [0.1, 0.15) is 18.5 Å². The van der Waals surface area contributed by atoms with Crippen molar-refractivity contribution in [3.8, 4) is 6.07 Å². The van der Waals surface area contributed by atoms with Crippen LogP contribution in [-0.4, -0.2) is 25.5 Å². The molecule has 0 amide bonds. The summed E-state index contributed by atoms with van der Waals surface area (Å²) in [7, 11) is 0. The highest BCUT2D eigenvalue weighted by molar-refractivity contribution is 7.10. The molecule has 8 nitrogen and oxygen atoms in total. The molecule has 1 aliphatic heterocycles. The third-order valence-electron chi connectivity index (χ3n) is 5.66. The fraction of sp³-hybridized carbons (Fsp3) is 0.227. The molecule has 0 fully saturated rings. The van der Waals surface area contributed by atoms with E-state index in [4.69, 9.17) is 17.3 Å². The third-order valence-corrected chi connectivity index (χ3v) is 7.00. The Morgan fingerprint density at radius 2 is 2.25 bits per heavy atom. The molecule has 2 aliphatic rings. The molecule has 0 aromatic carbocycles. The Hall–Kier alpha value is -3.48. The van der Waals surface area contributed by atoms with E-state index >= 15 is 0 Å². The second-order valence-corrected chi connectivity index (χ2v) is 8.88. The van der Waals surface area contributed by atoms with Crippen LogP contribution in [0.2, 0.25) is 5.15 Å². The molecule has 32 heavy (non-hydrogen) atoms. The van der Waals surface area contributed by atoms with Gasteiger partial charge in [-0.15, -0.1) is 11.3 Å². The zero-order valence-electron chi connectivity index (χ0n) is 16.9. The van der Waals surface area contributed by atoms with Gasteiger partial charge in [0.15, 0.2) is 10.9 Å². The minimum absolute atomic E-state index is 0.0349. The summed E-state index contributed by atoms with van der Waals surface area (Å²) in [6.07, 6.45) is 6.56. The number of carbonyl (C=O) groups excluding carboxylic acids is 1. The average Bonchev–Trinajstić information content (AvgIpc) is 3.47. The predicted octanol–water partition coefficient (Wildman–Crippen LogP) is 3.74. The monoisotopic (exact) mass is 463 g/mol. The van der Waals surface area contributed by atoms with Crippen molar-refractivity contribution in [1.82, 2.24) is 19.7 Å². The van der Waals surface area contributed by atoms with E-state index in [1.54, 1.807) is 34.2 Å². The average molecular weight is 464 g/mol. The molecule has 1 aliphatic carbocycles. The van der Waals surface area contributed by atoms with Crippen LogP contribution >= 0.6 is 22.9 Å². The predicted molar refractivity (Wildman–Crippen MR) is 121 cm³/mol. The lowest BCUT2D eigenvalue weighted by Gasteiger charge is -2.39. The molecule has 160 valence electrons. The maximum absolute atomic E-state index is 13.2. The van der Waals surface area contributed by atoms with Crippen LogP contribution < -0.4 is 10.6 Å². The first-order chi connectivity index (χ1) is 15.6. The van der Waals surface area contributed by atoms with Crippen LogP contribution in [0.5, 0.6) is 0 Å². The second kappa shape index (κ2) is 8.22. The number of nitrogens with zero attached hydrogens (tertiary/aromatic N) is 6. The lowest BCUT2D eigenvalue weighted by molar-refractivity contribution is -0.116. The van der Waals surface area contributed by atoms with Gasteiger partial charge in [-0.1, -0.05) is 11.6 Å². The first-order valence-corrected chi connectivity index (χ1v) is 11.3. The molecule has 1 atom stereocenters. The molecule has 5 rings (SSSR count). The molecule has 2 N–H and O–H groups in total. The summed E-state index contributed by atoms with van der Waals surface area (Å²) in [5.74, 6) is -0.177. The Morgan fingerprint density at radius 3 is 3.00 bits per heavy atom. The van der Waals surface area contributed by atoms with Crippen LogP contribution in [-0.2, 0) is 11.3 Å². The number of aromatic nitrogens is 4. The summed E-state index contributed by atoms with van der Waals surface area (Å²) in [6, 6.07) is 7.84. The summed E-state index contributed by atoms with van der Waals surface area (Å²) in [5, 5.41) is 16.5. The van der Waals surface area contributed by atoms with Crippen molar-refractivity contribution in [3.05, 3.63) is 80.7 Å². The number of nitrogens with two attached hydrogens (primary N) is 1. The van der Waals surface area contributed by atoms with Gasteiger partial charge in [0, 0.05) is 28.8 Å². The van der Waals surface area contributed by atoms with Crippen molar-refractivity contribution in [1.29, 1.82) is 5.26 Å². The molecule has 10 heteroatoms. The van der Waals surface area contributed by atoms with Gasteiger partial charge in [-0.2, -0.15) is 10.4 Å². The van der Waals surface area contributed by atoms with E-state index in [0.29, 0.717) is 36.2 Å². The first kappa shape index (κ1) is 20.4. The second-order valence-electron chi connectivity index (χ2n) is 7.58. The SMILES string of the molecule is N#CC1=C(N)N(c2cccnc2Cl)C2=C(C(=O)CCC2)[C@@H]1c1cc(Cn2cncn2)cs1. The number of hydrogen-bond donors (Lipinski definition) is 1. The van der Waals surface area contributed by atoms with Crippen LogP contribution in [0.1, 0.15) is 35.6 Å². The number of halogens is 1. The van der Waals surface area contributed by atoms with E-state index in [9.17, 15) is 10.1 Å². The van der Waals surface area contributed by atoms with Gasteiger partial charge in [0.05, 0.1) is 29.8 Å². The van der Waals surface area contributed by atoms with Crippen molar-refractivity contribution in [2.75, 3.05) is 4.90 Å². The molecule has 0 unspecified atom stereocenters. The summed E-state index contributed by atoms with van der Waals surface area (Å²) in [5.41, 5.74) is 9.91. The number of Topliss-reactive ketones (excluding diaryl/α,β-unsaturated/α-hetero) is 1. The highest BCUT2D eigenvalue weighted by Crippen LogP contribution is 2.48. The largest absolute Gasteiger partial charge is 0.384 e. The van der Waals surface area contributed by atoms with Crippen molar-refractivity contribution < 1.29 is 4.79 Å². The van der Waals surface area contributed by atoms with Crippen molar-refractivity contribution in [2.45, 2.75) is 31.7 Å². The van der Waals surface area contributed by atoms with Crippen molar-refractivity contribution >= 4 is 34.4 Å². The molecule has 0 saturated heterocycles. The highest BCUT2D eigenvalue weighted by Gasteiger charge is 2.41. The normalized spacial score (nSPS) is 18.7. The minimum Gasteiger partial charge on any atom is -0.384 e. The standard InChI is InChI=1S/C22H18ClN7OS/c23-21-16(4-2-6-27-21)30-15-3-1-5-17(31)20(15)19(14(8-24)22(30)25)18-7-13(10-32-18)9-29-12-26-11-28-29/h2,4,6-7,10-12,19H,1,3,5,9,25H2/t19-/m0/s1. The molecule has 4 heterocycles. The van der Waals surface area contributed by atoms with Crippen LogP contribution in [0.4, 0.5) is 5.69 Å². The van der Waals surface area contributed by atoms with Gasteiger partial charge in [-0.3, -0.25) is 9.69 Å². The molecule has 0 radical (unpaired) electrons. The fourth-order valence-corrected chi connectivity index (χ4v) is 5.55. The highest BCUT2D eigenvalue weighted by atomic mass is 35.5. The third kappa shape index (κ3) is 3.38. The van der Waals surface area contributed by atoms with Gasteiger partial charge in [0.25, 0.3) is 0 Å². The van der Waals surface area contributed by atoms with E-state index < -0.39 is 5.92 Å². The molecule has 3 aromatic heterocycles. The van der Waals surface area contributed by atoms with Crippen LogP contribution in [0.25, 0.3) is 0 Å². The minimum atomic E-state index is -0.496. The maximum atomic E-state index is 13.2. The van der Waals surface area contributed by atoms with Gasteiger partial charge >= 0.3 is 0 Å². The number of pyridine rings is 1. The molecular weight excluding hydrogens is 446 g/mol. The maximum Gasteiger partial charge on any atom is 0.161 e. The Bertz CT molecular complexity index is 1300. The number of hydrogen-bond acceptors (Lipinski definition) is 8. The number of rotatable bonds is 4. The lowest BCUT2D eigenvalue weighted by atomic mass is 9.78. The summed E-state index contributed by atoms with van der Waals surface area (Å²) in [6.45, 7) is 0.557. The molecule has 0 spiro atoms. The van der Waals surface area contributed by atoms with E-state index in [1.807, 2.05) is 11.4 Å². The van der Waals surface area contributed by atoms with Gasteiger partial charge in [-0.05, 0) is 42.0 Å². The van der Waals surface area contributed by atoms with Crippen LogP contribution in [0, 0.1) is 11.3 Å². The number of allylic oxidation sites excluding steroid dienone is 3.